The van der Waals surface area contributed by atoms with E-state index in [0.717, 1.165) is 22.2 Å². The van der Waals surface area contributed by atoms with Crippen molar-refractivity contribution in [1.29, 1.82) is 0 Å². The summed E-state index contributed by atoms with van der Waals surface area (Å²) >= 11 is 1.36. The molecular formula is C21H23N3O4S. The van der Waals surface area contributed by atoms with Crippen LogP contribution in [0.3, 0.4) is 0 Å². The van der Waals surface area contributed by atoms with Crippen LogP contribution in [0, 0.1) is 0 Å². The Kier molecular flexibility index (Phi) is 6.66. The van der Waals surface area contributed by atoms with E-state index < -0.39 is 0 Å². The van der Waals surface area contributed by atoms with E-state index in [1.165, 1.54) is 11.8 Å². The van der Waals surface area contributed by atoms with Crippen LogP contribution in [0.15, 0.2) is 53.8 Å². The van der Waals surface area contributed by atoms with Crippen molar-refractivity contribution in [3.8, 4) is 28.5 Å². The molecule has 0 aliphatic carbocycles. The second kappa shape index (κ2) is 9.38. The summed E-state index contributed by atoms with van der Waals surface area (Å²) in [7, 11) is 6.70. The number of methoxy groups -OCH3 is 3. The van der Waals surface area contributed by atoms with Gasteiger partial charge in [0.25, 0.3) is 0 Å². The average molecular weight is 413 g/mol. The molecule has 3 aromatic rings. The van der Waals surface area contributed by atoms with Crippen molar-refractivity contribution in [2.45, 2.75) is 5.16 Å². The predicted octanol–water partition coefficient (Wildman–Crippen LogP) is 3.84. The number of hydrogen-bond acceptors (Lipinski definition) is 6. The topological polar surface area (TPSA) is 74.6 Å². The summed E-state index contributed by atoms with van der Waals surface area (Å²) in [6.07, 6.45) is 1.80. The normalized spacial score (nSPS) is 10.5. The number of hydrogen-bond donors (Lipinski definition) is 1. The van der Waals surface area contributed by atoms with E-state index in [9.17, 15) is 4.79 Å². The second-order valence-electron chi connectivity index (χ2n) is 6.12. The maximum atomic E-state index is 12.4. The molecule has 152 valence electrons. The molecule has 3 rings (SSSR count). The molecule has 0 fully saturated rings. The lowest BCUT2D eigenvalue weighted by molar-refractivity contribution is -0.113. The molecule has 8 heteroatoms. The molecule has 0 saturated carbocycles. The van der Waals surface area contributed by atoms with Crippen LogP contribution in [-0.2, 0) is 11.8 Å². The Bertz CT molecular complexity index is 986. The Hall–Kier alpha value is -3.13. The van der Waals surface area contributed by atoms with Crippen LogP contribution in [0.2, 0.25) is 0 Å². The van der Waals surface area contributed by atoms with Crippen molar-refractivity contribution in [1.82, 2.24) is 9.55 Å². The number of ether oxygens (including phenoxy) is 3. The Labute approximate surface area is 174 Å². The van der Waals surface area contributed by atoms with E-state index in [2.05, 4.69) is 10.3 Å². The summed E-state index contributed by atoms with van der Waals surface area (Å²) in [5.41, 5.74) is 2.56. The van der Waals surface area contributed by atoms with Gasteiger partial charge in [-0.3, -0.25) is 4.79 Å². The number of carbonyl (C=O) groups is 1. The number of imidazole rings is 1. The van der Waals surface area contributed by atoms with Gasteiger partial charge < -0.3 is 24.1 Å². The molecule has 1 heterocycles. The van der Waals surface area contributed by atoms with Gasteiger partial charge in [-0.25, -0.2) is 4.98 Å². The summed E-state index contributed by atoms with van der Waals surface area (Å²) in [6, 6.07) is 13.0. The Morgan fingerprint density at radius 1 is 1.03 bits per heavy atom. The number of benzene rings is 2. The van der Waals surface area contributed by atoms with Crippen LogP contribution in [0.4, 0.5) is 5.69 Å². The minimum absolute atomic E-state index is 0.157. The van der Waals surface area contributed by atoms with Gasteiger partial charge in [0.15, 0.2) is 5.16 Å². The Morgan fingerprint density at radius 2 is 1.72 bits per heavy atom. The third-order valence-electron chi connectivity index (χ3n) is 4.34. The van der Waals surface area contributed by atoms with E-state index >= 15 is 0 Å². The van der Waals surface area contributed by atoms with Crippen molar-refractivity contribution in [2.75, 3.05) is 32.4 Å². The summed E-state index contributed by atoms with van der Waals surface area (Å²) in [6.45, 7) is 0. The minimum Gasteiger partial charge on any atom is -0.497 e. The zero-order chi connectivity index (χ0) is 20.8. The van der Waals surface area contributed by atoms with Crippen LogP contribution in [0.5, 0.6) is 17.2 Å². The van der Waals surface area contributed by atoms with E-state index in [0.29, 0.717) is 17.2 Å². The molecule has 7 nitrogen and oxygen atoms in total. The number of nitrogens with one attached hydrogen (secondary N) is 1. The molecule has 2 aromatic carbocycles. The van der Waals surface area contributed by atoms with Gasteiger partial charge in [0, 0.05) is 18.7 Å². The van der Waals surface area contributed by atoms with Crippen LogP contribution in [0.1, 0.15) is 0 Å². The smallest absolute Gasteiger partial charge is 0.234 e. The Morgan fingerprint density at radius 3 is 2.38 bits per heavy atom. The second-order valence-corrected chi connectivity index (χ2v) is 7.06. The van der Waals surface area contributed by atoms with Crippen molar-refractivity contribution >= 4 is 23.4 Å². The SMILES string of the molecule is COc1ccc(-c2cnc(SCC(=O)Nc3cc(OC)ccc3OC)n2C)cc1. The number of thioether (sulfide) groups is 1. The molecule has 1 aromatic heterocycles. The van der Waals surface area contributed by atoms with Crippen LogP contribution in [-0.4, -0.2) is 42.5 Å². The highest BCUT2D eigenvalue weighted by Gasteiger charge is 2.13. The number of amides is 1. The van der Waals surface area contributed by atoms with Crippen LogP contribution in [0.25, 0.3) is 11.3 Å². The molecule has 29 heavy (non-hydrogen) atoms. The molecule has 0 spiro atoms. The van der Waals surface area contributed by atoms with Gasteiger partial charge in [-0.2, -0.15) is 0 Å². The van der Waals surface area contributed by atoms with Crippen LogP contribution >= 0.6 is 11.8 Å². The first kappa shape index (κ1) is 20.6. The van der Waals surface area contributed by atoms with Crippen molar-refractivity contribution in [3.05, 3.63) is 48.7 Å². The van der Waals surface area contributed by atoms with Gasteiger partial charge in [0.05, 0.1) is 44.7 Å². The third-order valence-corrected chi connectivity index (χ3v) is 5.39. The van der Waals surface area contributed by atoms with Gasteiger partial charge in [0.2, 0.25) is 5.91 Å². The van der Waals surface area contributed by atoms with Crippen molar-refractivity contribution in [2.24, 2.45) is 7.05 Å². The lowest BCUT2D eigenvalue weighted by atomic mass is 10.1. The average Bonchev–Trinajstić information content (AvgIpc) is 3.12. The first-order valence-corrected chi connectivity index (χ1v) is 9.85. The van der Waals surface area contributed by atoms with Gasteiger partial charge in [-0.15, -0.1) is 0 Å². The molecule has 0 radical (unpaired) electrons. The molecule has 0 saturated heterocycles. The largest absolute Gasteiger partial charge is 0.497 e. The maximum Gasteiger partial charge on any atom is 0.234 e. The number of rotatable bonds is 8. The van der Waals surface area contributed by atoms with Gasteiger partial charge in [-0.05, 0) is 36.4 Å². The molecule has 1 amide bonds. The number of aromatic nitrogens is 2. The minimum atomic E-state index is -0.157. The van der Waals surface area contributed by atoms with Crippen molar-refractivity contribution < 1.29 is 19.0 Å². The molecule has 0 unspecified atom stereocenters. The highest BCUT2D eigenvalue weighted by atomic mass is 32.2. The molecule has 0 aliphatic heterocycles. The fourth-order valence-electron chi connectivity index (χ4n) is 2.78. The fourth-order valence-corrected chi connectivity index (χ4v) is 3.54. The number of anilines is 1. The van der Waals surface area contributed by atoms with E-state index in [-0.39, 0.29) is 11.7 Å². The molecule has 0 aliphatic rings. The standard InChI is InChI=1S/C21H23N3O4S/c1-24-18(14-5-7-15(26-2)8-6-14)12-22-21(24)29-13-20(25)23-17-11-16(27-3)9-10-19(17)28-4/h5-12H,13H2,1-4H3,(H,23,25). The maximum absolute atomic E-state index is 12.4. The third kappa shape index (κ3) is 4.83. The highest BCUT2D eigenvalue weighted by Crippen LogP contribution is 2.30. The van der Waals surface area contributed by atoms with E-state index in [4.69, 9.17) is 14.2 Å². The monoisotopic (exact) mass is 413 g/mol. The fraction of sp³-hybridized carbons (Fsp3) is 0.238. The summed E-state index contributed by atoms with van der Waals surface area (Å²) in [5.74, 6) is 2.07. The predicted molar refractivity (Wildman–Crippen MR) is 114 cm³/mol. The molecule has 0 bridgehead atoms. The Balaban J connectivity index is 1.66. The lowest BCUT2D eigenvalue weighted by Crippen LogP contribution is -2.15. The summed E-state index contributed by atoms with van der Waals surface area (Å²) < 4.78 is 17.7. The molecular weight excluding hydrogens is 390 g/mol. The van der Waals surface area contributed by atoms with Crippen molar-refractivity contribution in [3.63, 3.8) is 0 Å². The lowest BCUT2D eigenvalue weighted by Gasteiger charge is -2.11. The first-order chi connectivity index (χ1) is 14.0. The quantitative estimate of drug-likeness (QED) is 0.566. The van der Waals surface area contributed by atoms with E-state index in [1.54, 1.807) is 45.7 Å². The molecule has 0 atom stereocenters. The zero-order valence-corrected chi connectivity index (χ0v) is 17.6. The summed E-state index contributed by atoms with van der Waals surface area (Å²) in [5, 5.41) is 3.61. The zero-order valence-electron chi connectivity index (χ0n) is 16.8. The van der Waals surface area contributed by atoms with Gasteiger partial charge in [-0.1, -0.05) is 11.8 Å². The summed E-state index contributed by atoms with van der Waals surface area (Å²) in [4.78, 5) is 16.9. The first-order valence-electron chi connectivity index (χ1n) is 8.86. The number of carbonyl (C=O) groups excluding carboxylic acids is 1. The molecule has 1 N–H and O–H groups in total. The highest BCUT2D eigenvalue weighted by molar-refractivity contribution is 7.99. The van der Waals surface area contributed by atoms with Gasteiger partial charge >= 0.3 is 0 Å². The van der Waals surface area contributed by atoms with Crippen LogP contribution < -0.4 is 19.5 Å². The van der Waals surface area contributed by atoms with E-state index in [1.807, 2.05) is 35.9 Å². The van der Waals surface area contributed by atoms with Gasteiger partial charge in [0.1, 0.15) is 17.2 Å². The number of nitrogens with zero attached hydrogens (tertiary/aromatic N) is 2.